The van der Waals surface area contributed by atoms with Crippen LogP contribution < -0.4 is 10.6 Å². The first-order valence-electron chi connectivity index (χ1n) is 7.65. The molecule has 0 radical (unpaired) electrons. The second-order valence-corrected chi connectivity index (χ2v) is 5.69. The number of urea groups is 1. The summed E-state index contributed by atoms with van der Waals surface area (Å²) in [5.74, 6) is -0.357. The molecule has 0 aliphatic heterocycles. The molecule has 2 amide bonds. The van der Waals surface area contributed by atoms with Crippen LogP contribution in [0, 0.1) is 11.7 Å². The van der Waals surface area contributed by atoms with Gasteiger partial charge in [0.05, 0.1) is 11.4 Å². The number of anilines is 1. The van der Waals surface area contributed by atoms with Crippen LogP contribution in [0.5, 0.6) is 0 Å². The highest BCUT2D eigenvalue weighted by atomic mass is 19.1. The van der Waals surface area contributed by atoms with Crippen LogP contribution in [0.1, 0.15) is 19.3 Å². The van der Waals surface area contributed by atoms with Gasteiger partial charge in [0.25, 0.3) is 0 Å². The van der Waals surface area contributed by atoms with Gasteiger partial charge >= 0.3 is 6.03 Å². The molecule has 6 nitrogen and oxygen atoms in total. The monoisotopic (exact) mass is 318 g/mol. The van der Waals surface area contributed by atoms with Gasteiger partial charge in [0.1, 0.15) is 5.82 Å². The summed E-state index contributed by atoms with van der Waals surface area (Å²) in [7, 11) is 0. The molecule has 7 heteroatoms. The fraction of sp³-hybridized carbons (Fsp3) is 0.375. The standard InChI is InChI=1S/C16H19FN4O2/c17-12-5-6-15(21-8-2-7-18-21)14(9-12)20-16(23)19-13-4-1-3-11(13)10-22/h2,5-9,11,13,22H,1,3-4,10H2,(H2,19,20,23)/t11-,13-/m0/s1. The van der Waals surface area contributed by atoms with E-state index in [-0.39, 0.29) is 18.6 Å². The normalized spacial score (nSPS) is 20.4. The van der Waals surface area contributed by atoms with E-state index in [4.69, 9.17) is 0 Å². The van der Waals surface area contributed by atoms with Crippen molar-refractivity contribution in [3.63, 3.8) is 0 Å². The van der Waals surface area contributed by atoms with Crippen LogP contribution in [0.3, 0.4) is 0 Å². The summed E-state index contributed by atoms with van der Waals surface area (Å²) in [6.07, 6.45) is 6.05. The van der Waals surface area contributed by atoms with Gasteiger partial charge in [-0.15, -0.1) is 0 Å². The number of aliphatic hydroxyl groups is 1. The summed E-state index contributed by atoms with van der Waals surface area (Å²) in [6.45, 7) is 0.0590. The van der Waals surface area contributed by atoms with Crippen LogP contribution in [0.25, 0.3) is 5.69 Å². The van der Waals surface area contributed by atoms with E-state index in [9.17, 15) is 14.3 Å². The number of aromatic nitrogens is 2. The van der Waals surface area contributed by atoms with Gasteiger partial charge in [0.15, 0.2) is 0 Å². The van der Waals surface area contributed by atoms with Crippen LogP contribution in [-0.4, -0.2) is 33.6 Å². The van der Waals surface area contributed by atoms with Crippen LogP contribution >= 0.6 is 0 Å². The number of rotatable bonds is 4. The topological polar surface area (TPSA) is 79.2 Å². The van der Waals surface area contributed by atoms with Gasteiger partial charge in [-0.25, -0.2) is 13.9 Å². The summed E-state index contributed by atoms with van der Waals surface area (Å²) >= 11 is 0. The van der Waals surface area contributed by atoms with Crippen molar-refractivity contribution in [2.24, 2.45) is 5.92 Å². The second kappa shape index (κ2) is 6.78. The van der Waals surface area contributed by atoms with Gasteiger partial charge in [-0.3, -0.25) is 0 Å². The third-order valence-electron chi connectivity index (χ3n) is 4.17. The minimum absolute atomic E-state index is 0.0540. The average molecular weight is 318 g/mol. The van der Waals surface area contributed by atoms with Crippen molar-refractivity contribution in [1.82, 2.24) is 15.1 Å². The third kappa shape index (κ3) is 3.50. The Morgan fingerprint density at radius 3 is 3.04 bits per heavy atom. The van der Waals surface area contributed by atoms with Crippen LogP contribution in [0.2, 0.25) is 0 Å². The fourth-order valence-corrected chi connectivity index (χ4v) is 2.99. The number of nitrogens with one attached hydrogen (secondary N) is 2. The number of halogens is 1. The van der Waals surface area contributed by atoms with Crippen LogP contribution in [0.4, 0.5) is 14.9 Å². The number of benzene rings is 1. The molecule has 23 heavy (non-hydrogen) atoms. The molecule has 122 valence electrons. The number of hydrogen-bond acceptors (Lipinski definition) is 3. The lowest BCUT2D eigenvalue weighted by atomic mass is 10.1. The van der Waals surface area contributed by atoms with Gasteiger partial charge in [-0.2, -0.15) is 5.10 Å². The Labute approximate surface area is 133 Å². The van der Waals surface area contributed by atoms with Gasteiger partial charge in [0, 0.05) is 31.0 Å². The Kier molecular flexibility index (Phi) is 4.57. The van der Waals surface area contributed by atoms with Gasteiger partial charge in [-0.1, -0.05) is 6.42 Å². The molecule has 0 saturated heterocycles. The maximum Gasteiger partial charge on any atom is 0.319 e. The Bertz CT molecular complexity index is 675. The smallest absolute Gasteiger partial charge is 0.319 e. The SMILES string of the molecule is O=C(Nc1cc(F)ccc1-n1cccn1)N[C@H]1CCC[C@H]1CO. The maximum absolute atomic E-state index is 13.5. The first kappa shape index (κ1) is 15.5. The highest BCUT2D eigenvalue weighted by molar-refractivity contribution is 5.91. The van der Waals surface area contributed by atoms with E-state index >= 15 is 0 Å². The first-order valence-corrected chi connectivity index (χ1v) is 7.65. The summed E-state index contributed by atoms with van der Waals surface area (Å²) in [5.41, 5.74) is 0.918. The van der Waals surface area contributed by atoms with Gasteiger partial charge in [0.2, 0.25) is 0 Å². The Hall–Kier alpha value is -2.41. The van der Waals surface area contributed by atoms with Crippen molar-refractivity contribution in [2.75, 3.05) is 11.9 Å². The summed E-state index contributed by atoms with van der Waals surface area (Å²) in [6, 6.07) is 5.42. The summed E-state index contributed by atoms with van der Waals surface area (Å²) in [4.78, 5) is 12.2. The van der Waals surface area contributed by atoms with Gasteiger partial charge < -0.3 is 15.7 Å². The van der Waals surface area contributed by atoms with E-state index in [0.29, 0.717) is 11.4 Å². The average Bonchev–Trinajstić information content (AvgIpc) is 3.18. The lowest BCUT2D eigenvalue weighted by Crippen LogP contribution is -2.41. The highest BCUT2D eigenvalue weighted by Gasteiger charge is 2.28. The van der Waals surface area contributed by atoms with E-state index in [2.05, 4.69) is 15.7 Å². The largest absolute Gasteiger partial charge is 0.396 e. The molecule has 3 N–H and O–H groups in total. The van der Waals surface area contributed by atoms with Crippen molar-refractivity contribution < 1.29 is 14.3 Å². The quantitative estimate of drug-likeness (QED) is 0.809. The maximum atomic E-state index is 13.5. The molecule has 1 heterocycles. The summed E-state index contributed by atoms with van der Waals surface area (Å²) < 4.78 is 15.1. The summed E-state index contributed by atoms with van der Waals surface area (Å²) in [5, 5.41) is 19.0. The van der Waals surface area contributed by atoms with Crippen molar-refractivity contribution in [3.8, 4) is 5.69 Å². The third-order valence-corrected chi connectivity index (χ3v) is 4.17. The van der Waals surface area contributed by atoms with Crippen molar-refractivity contribution in [3.05, 3.63) is 42.5 Å². The molecule has 1 saturated carbocycles. The lowest BCUT2D eigenvalue weighted by Gasteiger charge is -2.20. The van der Waals surface area contributed by atoms with Crippen molar-refractivity contribution in [1.29, 1.82) is 0 Å². The molecule has 2 atom stereocenters. The number of amides is 2. The zero-order valence-electron chi connectivity index (χ0n) is 12.6. The molecular formula is C16H19FN4O2. The molecule has 1 fully saturated rings. The molecule has 1 aromatic heterocycles. The number of aliphatic hydroxyl groups excluding tert-OH is 1. The molecule has 3 rings (SSSR count). The zero-order chi connectivity index (χ0) is 16.2. The van der Waals surface area contributed by atoms with Crippen LogP contribution in [-0.2, 0) is 0 Å². The fourth-order valence-electron chi connectivity index (χ4n) is 2.99. The Morgan fingerprint density at radius 2 is 2.30 bits per heavy atom. The number of hydrogen-bond donors (Lipinski definition) is 3. The molecule has 0 bridgehead atoms. The minimum Gasteiger partial charge on any atom is -0.396 e. The van der Waals surface area contributed by atoms with Crippen LogP contribution in [0.15, 0.2) is 36.7 Å². The molecule has 0 unspecified atom stereocenters. The Morgan fingerprint density at radius 1 is 1.43 bits per heavy atom. The van der Waals surface area contributed by atoms with Crippen molar-refractivity contribution in [2.45, 2.75) is 25.3 Å². The molecule has 1 aliphatic rings. The Balaban J connectivity index is 1.74. The zero-order valence-corrected chi connectivity index (χ0v) is 12.6. The molecule has 1 aliphatic carbocycles. The first-order chi connectivity index (χ1) is 11.2. The predicted octanol–water partition coefficient (Wildman–Crippen LogP) is 2.29. The van der Waals surface area contributed by atoms with E-state index in [1.54, 1.807) is 29.2 Å². The highest BCUT2D eigenvalue weighted by Crippen LogP contribution is 2.25. The van der Waals surface area contributed by atoms with E-state index < -0.39 is 11.8 Å². The minimum atomic E-state index is -0.440. The van der Waals surface area contributed by atoms with Gasteiger partial charge in [-0.05, 0) is 37.1 Å². The molecule has 2 aromatic rings. The lowest BCUT2D eigenvalue weighted by molar-refractivity contribution is 0.203. The molecular weight excluding hydrogens is 299 g/mol. The molecule has 1 aromatic carbocycles. The second-order valence-electron chi connectivity index (χ2n) is 5.69. The number of carbonyl (C=O) groups excluding carboxylic acids is 1. The predicted molar refractivity (Wildman–Crippen MR) is 83.9 cm³/mol. The van der Waals surface area contributed by atoms with E-state index in [1.165, 1.54) is 12.1 Å². The van der Waals surface area contributed by atoms with E-state index in [0.717, 1.165) is 19.3 Å². The van der Waals surface area contributed by atoms with E-state index in [1.807, 2.05) is 0 Å². The number of carbonyl (C=O) groups is 1. The molecule has 0 spiro atoms. The number of nitrogens with zero attached hydrogens (tertiary/aromatic N) is 2. The van der Waals surface area contributed by atoms with Crippen molar-refractivity contribution >= 4 is 11.7 Å².